The molecule has 0 heterocycles. The topological polar surface area (TPSA) is 46.2 Å². The number of nitrogens with one attached hydrogen (secondary N) is 1. The monoisotopic (exact) mass is 217 g/mol. The predicted octanol–water partition coefficient (Wildman–Crippen LogP) is 0.809. The molecule has 2 aliphatic carbocycles. The van der Waals surface area contributed by atoms with E-state index in [1.165, 1.54) is 6.26 Å². The van der Waals surface area contributed by atoms with Crippen molar-refractivity contribution < 1.29 is 8.42 Å². The summed E-state index contributed by atoms with van der Waals surface area (Å²) in [5.41, 5.74) is 0.163. The van der Waals surface area contributed by atoms with Crippen LogP contribution in [0.3, 0.4) is 0 Å². The Morgan fingerprint density at radius 3 is 2.79 bits per heavy atom. The Kier molecular flexibility index (Phi) is 2.39. The molecule has 0 aliphatic heterocycles. The Labute approximate surface area is 86.2 Å². The fourth-order valence-corrected chi connectivity index (χ4v) is 5.18. The van der Waals surface area contributed by atoms with E-state index in [1.54, 1.807) is 0 Å². The van der Waals surface area contributed by atoms with Crippen LogP contribution in [0.1, 0.15) is 25.7 Å². The molecule has 0 aromatic carbocycles. The molecule has 0 bridgehead atoms. The molecule has 3 atom stereocenters. The second-order valence-electron chi connectivity index (χ2n) is 4.90. The van der Waals surface area contributed by atoms with E-state index in [4.69, 9.17) is 0 Å². The molecular formula is C10H19NO2S. The van der Waals surface area contributed by atoms with Gasteiger partial charge in [0, 0.05) is 6.26 Å². The van der Waals surface area contributed by atoms with Crippen LogP contribution >= 0.6 is 0 Å². The van der Waals surface area contributed by atoms with Gasteiger partial charge in [0.05, 0.1) is 5.25 Å². The maximum Gasteiger partial charge on any atom is 0.150 e. The van der Waals surface area contributed by atoms with Crippen LogP contribution in [0.2, 0.25) is 0 Å². The van der Waals surface area contributed by atoms with Crippen LogP contribution in [-0.4, -0.2) is 33.5 Å². The van der Waals surface area contributed by atoms with Crippen LogP contribution in [0.25, 0.3) is 0 Å². The third-order valence-corrected chi connectivity index (χ3v) is 5.74. The molecule has 1 spiro atoms. The number of rotatable bonds is 3. The minimum absolute atomic E-state index is 0.0478. The van der Waals surface area contributed by atoms with Crippen LogP contribution in [0.4, 0.5) is 0 Å². The van der Waals surface area contributed by atoms with Crippen molar-refractivity contribution in [2.75, 3.05) is 19.8 Å². The lowest BCUT2D eigenvalue weighted by atomic mass is 10.0. The van der Waals surface area contributed by atoms with Crippen LogP contribution in [-0.2, 0) is 9.84 Å². The SMILES string of the molecule is CNCC1CC12CCCC2S(C)(=O)=O. The molecule has 0 aromatic heterocycles. The zero-order valence-electron chi connectivity index (χ0n) is 8.91. The van der Waals surface area contributed by atoms with Crippen LogP contribution in [0, 0.1) is 11.3 Å². The summed E-state index contributed by atoms with van der Waals surface area (Å²) in [7, 11) is -0.886. The summed E-state index contributed by atoms with van der Waals surface area (Å²) in [6.45, 7) is 0.978. The molecule has 0 amide bonds. The molecule has 4 heteroatoms. The zero-order valence-corrected chi connectivity index (χ0v) is 9.73. The summed E-state index contributed by atoms with van der Waals surface area (Å²) in [6.07, 6.45) is 5.62. The van der Waals surface area contributed by atoms with E-state index in [-0.39, 0.29) is 10.7 Å². The lowest BCUT2D eigenvalue weighted by Crippen LogP contribution is -2.28. The third-order valence-electron chi connectivity index (χ3n) is 4.00. The molecule has 1 N–H and O–H groups in total. The van der Waals surface area contributed by atoms with Gasteiger partial charge in [0.15, 0.2) is 9.84 Å². The van der Waals surface area contributed by atoms with Gasteiger partial charge in [0.25, 0.3) is 0 Å². The first-order valence-corrected chi connectivity index (χ1v) is 7.29. The molecule has 0 radical (unpaired) electrons. The molecule has 2 aliphatic rings. The van der Waals surface area contributed by atoms with Gasteiger partial charge in [-0.05, 0) is 44.2 Å². The smallest absolute Gasteiger partial charge is 0.150 e. The second kappa shape index (κ2) is 3.20. The summed E-state index contributed by atoms with van der Waals surface area (Å²) in [5, 5.41) is 3.11. The number of sulfone groups is 1. The predicted molar refractivity (Wildman–Crippen MR) is 56.9 cm³/mol. The number of hydrogen-bond donors (Lipinski definition) is 1. The molecule has 82 valence electrons. The highest BCUT2D eigenvalue weighted by atomic mass is 32.2. The molecule has 0 saturated heterocycles. The fourth-order valence-electron chi connectivity index (χ4n) is 3.33. The molecular weight excluding hydrogens is 198 g/mol. The highest BCUT2D eigenvalue weighted by Crippen LogP contribution is 2.64. The molecule has 0 aromatic rings. The molecule has 2 saturated carbocycles. The lowest BCUT2D eigenvalue weighted by molar-refractivity contribution is 0.452. The van der Waals surface area contributed by atoms with E-state index in [9.17, 15) is 8.42 Å². The van der Waals surface area contributed by atoms with Crippen molar-refractivity contribution in [3.63, 3.8) is 0 Å². The van der Waals surface area contributed by atoms with Crippen molar-refractivity contribution in [2.45, 2.75) is 30.9 Å². The van der Waals surface area contributed by atoms with Gasteiger partial charge in [0.2, 0.25) is 0 Å². The fraction of sp³-hybridized carbons (Fsp3) is 1.00. The highest BCUT2D eigenvalue weighted by molar-refractivity contribution is 7.91. The average molecular weight is 217 g/mol. The van der Waals surface area contributed by atoms with Crippen molar-refractivity contribution in [1.82, 2.24) is 5.32 Å². The second-order valence-corrected chi connectivity index (χ2v) is 7.13. The van der Waals surface area contributed by atoms with Gasteiger partial charge in [-0.3, -0.25) is 0 Å². The van der Waals surface area contributed by atoms with Crippen molar-refractivity contribution in [3.8, 4) is 0 Å². The minimum Gasteiger partial charge on any atom is -0.319 e. The largest absolute Gasteiger partial charge is 0.319 e. The zero-order chi connectivity index (χ0) is 10.4. The molecule has 3 unspecified atom stereocenters. The Balaban J connectivity index is 2.14. The van der Waals surface area contributed by atoms with Gasteiger partial charge in [0.1, 0.15) is 0 Å². The minimum atomic E-state index is -2.83. The quantitative estimate of drug-likeness (QED) is 0.761. The first-order chi connectivity index (χ1) is 6.50. The van der Waals surface area contributed by atoms with Gasteiger partial charge >= 0.3 is 0 Å². The van der Waals surface area contributed by atoms with Gasteiger partial charge < -0.3 is 5.32 Å². The molecule has 2 rings (SSSR count). The Morgan fingerprint density at radius 2 is 2.21 bits per heavy atom. The summed E-state index contributed by atoms with van der Waals surface area (Å²) in [4.78, 5) is 0. The van der Waals surface area contributed by atoms with Crippen molar-refractivity contribution >= 4 is 9.84 Å². The van der Waals surface area contributed by atoms with Crippen LogP contribution in [0.5, 0.6) is 0 Å². The number of hydrogen-bond acceptors (Lipinski definition) is 3. The lowest BCUT2D eigenvalue weighted by Gasteiger charge is -2.18. The van der Waals surface area contributed by atoms with Gasteiger partial charge in [-0.2, -0.15) is 0 Å². The average Bonchev–Trinajstić information content (AvgIpc) is 2.57. The van der Waals surface area contributed by atoms with Gasteiger partial charge in [-0.1, -0.05) is 6.42 Å². The normalized spacial score (nSPS) is 41.9. The van der Waals surface area contributed by atoms with Crippen molar-refractivity contribution in [1.29, 1.82) is 0 Å². The maximum atomic E-state index is 11.6. The van der Waals surface area contributed by atoms with E-state index >= 15 is 0 Å². The van der Waals surface area contributed by atoms with E-state index in [2.05, 4.69) is 5.32 Å². The summed E-state index contributed by atoms with van der Waals surface area (Å²) < 4.78 is 23.2. The van der Waals surface area contributed by atoms with Gasteiger partial charge in [-0.15, -0.1) is 0 Å². The maximum absolute atomic E-state index is 11.6. The first kappa shape index (κ1) is 10.4. The first-order valence-electron chi connectivity index (χ1n) is 5.34. The molecule has 14 heavy (non-hydrogen) atoms. The van der Waals surface area contributed by atoms with Crippen molar-refractivity contribution in [2.24, 2.45) is 11.3 Å². The Bertz CT molecular complexity index is 325. The molecule has 2 fully saturated rings. The van der Waals surface area contributed by atoms with Crippen LogP contribution in [0.15, 0.2) is 0 Å². The summed E-state index contributed by atoms with van der Waals surface area (Å²) in [6, 6.07) is 0. The summed E-state index contributed by atoms with van der Waals surface area (Å²) >= 11 is 0. The Hall–Kier alpha value is -0.0900. The molecule has 3 nitrogen and oxygen atoms in total. The van der Waals surface area contributed by atoms with E-state index in [0.717, 1.165) is 32.2 Å². The van der Waals surface area contributed by atoms with Crippen LogP contribution < -0.4 is 5.32 Å². The van der Waals surface area contributed by atoms with E-state index in [1.807, 2.05) is 7.05 Å². The third kappa shape index (κ3) is 1.48. The Morgan fingerprint density at radius 1 is 1.50 bits per heavy atom. The summed E-state index contributed by atoms with van der Waals surface area (Å²) in [5.74, 6) is 0.606. The standard InChI is InChI=1S/C10H19NO2S/c1-11-7-8-6-10(8)5-3-4-9(10)14(2,12)13/h8-9,11H,3-7H2,1-2H3. The highest BCUT2D eigenvalue weighted by Gasteiger charge is 2.62. The van der Waals surface area contributed by atoms with Crippen molar-refractivity contribution in [3.05, 3.63) is 0 Å². The van der Waals surface area contributed by atoms with E-state index < -0.39 is 9.84 Å². The van der Waals surface area contributed by atoms with Gasteiger partial charge in [-0.25, -0.2) is 8.42 Å². The van der Waals surface area contributed by atoms with E-state index in [0.29, 0.717) is 5.92 Å².